The van der Waals surface area contributed by atoms with Crippen LogP contribution in [0.5, 0.6) is 0 Å². The largest absolute Gasteiger partial charge is 0.396 e. The van der Waals surface area contributed by atoms with Crippen molar-refractivity contribution in [2.24, 2.45) is 0 Å². The summed E-state index contributed by atoms with van der Waals surface area (Å²) in [6.45, 7) is 2.06. The van der Waals surface area contributed by atoms with Gasteiger partial charge in [-0.15, -0.1) is 11.3 Å². The van der Waals surface area contributed by atoms with E-state index in [1.54, 1.807) is 11.3 Å². The fourth-order valence-corrected chi connectivity index (χ4v) is 4.81. The smallest absolute Gasteiger partial charge is 0.151 e. The second-order valence-electron chi connectivity index (χ2n) is 4.12. The zero-order valence-electron chi connectivity index (χ0n) is 9.14. The minimum absolute atomic E-state index is 0.0636. The maximum Gasteiger partial charge on any atom is 0.151 e. The molecule has 4 nitrogen and oxygen atoms in total. The van der Waals surface area contributed by atoms with Crippen molar-refractivity contribution in [3.63, 3.8) is 0 Å². The number of sulfone groups is 1. The van der Waals surface area contributed by atoms with E-state index < -0.39 is 9.84 Å². The second kappa shape index (κ2) is 4.43. The van der Waals surface area contributed by atoms with E-state index >= 15 is 0 Å². The van der Waals surface area contributed by atoms with Gasteiger partial charge in [-0.3, -0.25) is 0 Å². The van der Waals surface area contributed by atoms with Gasteiger partial charge in [-0.1, -0.05) is 0 Å². The van der Waals surface area contributed by atoms with Crippen LogP contribution >= 0.6 is 11.3 Å². The highest BCUT2D eigenvalue weighted by Gasteiger charge is 2.31. The van der Waals surface area contributed by atoms with Gasteiger partial charge >= 0.3 is 0 Å². The number of rotatable bonds is 3. The van der Waals surface area contributed by atoms with Crippen LogP contribution in [-0.2, 0) is 16.3 Å². The predicted molar refractivity (Wildman–Crippen MR) is 63.7 cm³/mol. The van der Waals surface area contributed by atoms with Gasteiger partial charge in [0, 0.05) is 23.8 Å². The van der Waals surface area contributed by atoms with Gasteiger partial charge in [0.2, 0.25) is 0 Å². The lowest BCUT2D eigenvalue weighted by molar-refractivity contribution is 0.299. The van der Waals surface area contributed by atoms with E-state index in [1.165, 1.54) is 0 Å². The lowest BCUT2D eigenvalue weighted by atomic mass is 10.0. The van der Waals surface area contributed by atoms with Crippen LogP contribution in [0.15, 0.2) is 0 Å². The lowest BCUT2D eigenvalue weighted by Crippen LogP contribution is -2.05. The summed E-state index contributed by atoms with van der Waals surface area (Å²) in [4.78, 5) is 5.53. The molecule has 1 unspecified atom stereocenters. The number of thiazole rings is 1. The number of aromatic nitrogens is 1. The first kappa shape index (κ1) is 12.0. The van der Waals surface area contributed by atoms with Crippen LogP contribution < -0.4 is 0 Å². The van der Waals surface area contributed by atoms with Crippen LogP contribution in [0, 0.1) is 6.92 Å². The van der Waals surface area contributed by atoms with Crippen molar-refractivity contribution in [3.8, 4) is 0 Å². The number of aliphatic hydroxyl groups is 1. The average Bonchev–Trinajstić information content (AvgIpc) is 2.70. The van der Waals surface area contributed by atoms with Crippen LogP contribution in [0.4, 0.5) is 0 Å². The molecule has 0 aliphatic carbocycles. The third-order valence-corrected chi connectivity index (χ3v) is 5.64. The monoisotopic (exact) mass is 261 g/mol. The van der Waals surface area contributed by atoms with Gasteiger partial charge in [0.15, 0.2) is 9.84 Å². The summed E-state index contributed by atoms with van der Waals surface area (Å²) in [5.74, 6) is 0.578. The molecule has 0 spiro atoms. The van der Waals surface area contributed by atoms with E-state index in [-0.39, 0.29) is 24.0 Å². The molecule has 90 valence electrons. The van der Waals surface area contributed by atoms with Crippen molar-refractivity contribution in [2.75, 3.05) is 18.1 Å². The summed E-state index contributed by atoms with van der Waals surface area (Å²) in [6, 6.07) is 0. The van der Waals surface area contributed by atoms with Crippen molar-refractivity contribution in [2.45, 2.75) is 25.7 Å². The molecular formula is C10H15NO3S2. The van der Waals surface area contributed by atoms with Crippen molar-refractivity contribution >= 4 is 21.2 Å². The molecule has 1 N–H and O–H groups in total. The number of nitrogens with zero attached hydrogens (tertiary/aromatic N) is 1. The first-order valence-corrected chi connectivity index (χ1v) is 7.93. The normalized spacial score (nSPS) is 23.8. The van der Waals surface area contributed by atoms with E-state index in [2.05, 4.69) is 4.98 Å². The number of aliphatic hydroxyl groups excluding tert-OH is 1. The summed E-state index contributed by atoms with van der Waals surface area (Å²) in [7, 11) is -2.85. The number of hydrogen-bond donors (Lipinski definition) is 1. The highest BCUT2D eigenvalue weighted by Crippen LogP contribution is 2.32. The third kappa shape index (κ3) is 2.44. The van der Waals surface area contributed by atoms with E-state index in [9.17, 15) is 8.42 Å². The zero-order valence-corrected chi connectivity index (χ0v) is 10.8. The molecule has 0 saturated carbocycles. The van der Waals surface area contributed by atoms with Gasteiger partial charge in [0.25, 0.3) is 0 Å². The Morgan fingerprint density at radius 2 is 2.31 bits per heavy atom. The van der Waals surface area contributed by atoms with Crippen LogP contribution in [0.1, 0.15) is 27.9 Å². The van der Waals surface area contributed by atoms with Crippen molar-refractivity contribution in [1.29, 1.82) is 0 Å². The van der Waals surface area contributed by atoms with Crippen molar-refractivity contribution in [1.82, 2.24) is 4.98 Å². The summed E-state index contributed by atoms with van der Waals surface area (Å²) in [5, 5.41) is 9.74. The summed E-state index contributed by atoms with van der Waals surface area (Å²) in [6.07, 6.45) is 1.25. The van der Waals surface area contributed by atoms with Crippen molar-refractivity contribution in [3.05, 3.63) is 15.6 Å². The Morgan fingerprint density at radius 1 is 1.56 bits per heavy atom. The fourth-order valence-electron chi connectivity index (χ4n) is 2.06. The van der Waals surface area contributed by atoms with Gasteiger partial charge in [0.05, 0.1) is 22.2 Å². The average molecular weight is 261 g/mol. The molecule has 16 heavy (non-hydrogen) atoms. The Hall–Kier alpha value is -0.460. The van der Waals surface area contributed by atoms with Gasteiger partial charge in [-0.25, -0.2) is 13.4 Å². The molecule has 1 atom stereocenters. The molecule has 1 saturated heterocycles. The minimum Gasteiger partial charge on any atom is -0.396 e. The van der Waals surface area contributed by atoms with Crippen LogP contribution in [-0.4, -0.2) is 36.6 Å². The molecular weight excluding hydrogens is 246 g/mol. The van der Waals surface area contributed by atoms with Crippen LogP contribution in [0.2, 0.25) is 0 Å². The first-order chi connectivity index (χ1) is 7.52. The summed E-state index contributed by atoms with van der Waals surface area (Å²) < 4.78 is 22.8. The van der Waals surface area contributed by atoms with E-state index in [0.29, 0.717) is 12.8 Å². The van der Waals surface area contributed by atoms with Crippen LogP contribution in [0.25, 0.3) is 0 Å². The highest BCUT2D eigenvalue weighted by atomic mass is 32.2. The highest BCUT2D eigenvalue weighted by molar-refractivity contribution is 7.91. The fraction of sp³-hybridized carbons (Fsp3) is 0.700. The van der Waals surface area contributed by atoms with E-state index in [1.807, 2.05) is 6.92 Å². The number of hydrogen-bond acceptors (Lipinski definition) is 5. The Labute approximate surface area is 99.3 Å². The maximum absolute atomic E-state index is 11.4. The van der Waals surface area contributed by atoms with Gasteiger partial charge in [0.1, 0.15) is 0 Å². The molecule has 0 amide bonds. The maximum atomic E-state index is 11.4. The van der Waals surface area contributed by atoms with Crippen LogP contribution in [0.3, 0.4) is 0 Å². The minimum atomic E-state index is -2.85. The lowest BCUT2D eigenvalue weighted by Gasteiger charge is -2.04. The summed E-state index contributed by atoms with van der Waals surface area (Å²) >= 11 is 1.56. The number of aryl methyl sites for hydroxylation is 1. The Morgan fingerprint density at radius 3 is 2.88 bits per heavy atom. The molecule has 0 aromatic carbocycles. The standard InChI is InChI=1S/C10H15NO3S2/c1-7-10(11-9(15-7)2-4-12)8-3-5-16(13,14)6-8/h8,12H,2-6H2,1H3. The molecule has 1 aliphatic rings. The SMILES string of the molecule is Cc1sc(CCO)nc1C1CCS(=O)(=O)C1. The molecule has 2 heterocycles. The topological polar surface area (TPSA) is 67.3 Å². The van der Waals surface area contributed by atoms with Gasteiger partial charge in [-0.2, -0.15) is 0 Å². The molecule has 1 aliphatic heterocycles. The Balaban J connectivity index is 2.21. The molecule has 6 heteroatoms. The molecule has 1 aromatic rings. The second-order valence-corrected chi connectivity index (χ2v) is 7.64. The van der Waals surface area contributed by atoms with E-state index in [0.717, 1.165) is 15.6 Å². The molecule has 1 fully saturated rings. The summed E-state index contributed by atoms with van der Waals surface area (Å²) in [5.41, 5.74) is 0.925. The third-order valence-electron chi connectivity index (χ3n) is 2.82. The molecule has 2 rings (SSSR count). The zero-order chi connectivity index (χ0) is 11.8. The Bertz CT molecular complexity index is 478. The quantitative estimate of drug-likeness (QED) is 0.877. The first-order valence-electron chi connectivity index (χ1n) is 5.29. The van der Waals surface area contributed by atoms with Crippen molar-refractivity contribution < 1.29 is 13.5 Å². The predicted octanol–water partition coefficient (Wildman–Crippen LogP) is 0.888. The van der Waals surface area contributed by atoms with Gasteiger partial charge in [-0.05, 0) is 13.3 Å². The molecule has 0 radical (unpaired) electrons. The molecule has 0 bridgehead atoms. The van der Waals surface area contributed by atoms with Gasteiger partial charge < -0.3 is 5.11 Å². The van der Waals surface area contributed by atoms with E-state index in [4.69, 9.17) is 5.11 Å². The molecule has 1 aromatic heterocycles. The Kier molecular flexibility index (Phi) is 3.32.